The molecule has 1 nitrogen and oxygen atoms in total. The van der Waals surface area contributed by atoms with Crippen LogP contribution in [0.1, 0.15) is 41.5 Å². The predicted octanol–water partition coefficient (Wildman–Crippen LogP) is 3.01. The minimum Gasteiger partial charge on any atom is -0.305 e. The largest absolute Gasteiger partial charge is 0.305 e. The molecule has 0 atom stereocenters. The van der Waals surface area contributed by atoms with Crippen molar-refractivity contribution < 1.29 is 0 Å². The third-order valence-electron chi connectivity index (χ3n) is 1.34. The van der Waals surface area contributed by atoms with Crippen LogP contribution < -0.4 is 0 Å². The molecule has 0 unspecified atom stereocenters. The van der Waals surface area contributed by atoms with E-state index >= 15 is 0 Å². The molecule has 0 aliphatic heterocycles. The Morgan fingerprint density at radius 3 is 1.00 bits per heavy atom. The van der Waals surface area contributed by atoms with Crippen LogP contribution in [0.3, 0.4) is 0 Å². The Kier molecular flexibility index (Phi) is 6.88. The van der Waals surface area contributed by atoms with Crippen LogP contribution in [-0.4, -0.2) is 24.5 Å². The average Bonchev–Trinajstić information content (AvgIpc) is 1.59. The van der Waals surface area contributed by atoms with Crippen LogP contribution in [0, 0.1) is 5.92 Å². The topological polar surface area (TPSA) is 3.24 Å². The van der Waals surface area contributed by atoms with Gasteiger partial charge in [0.2, 0.25) is 0 Å². The molecule has 1 heteroatoms. The van der Waals surface area contributed by atoms with E-state index in [4.69, 9.17) is 0 Å². The molecule has 0 aliphatic rings. The van der Waals surface area contributed by atoms with Gasteiger partial charge in [0, 0.05) is 5.54 Å². The van der Waals surface area contributed by atoms with E-state index in [1.54, 1.807) is 0 Å². The number of hydrogen-bond acceptors (Lipinski definition) is 1. The SMILES string of the molecule is CC(C)C.CN(C)C(C)(C)C. The average molecular weight is 159 g/mol. The van der Waals surface area contributed by atoms with E-state index in [0.29, 0.717) is 5.54 Å². The van der Waals surface area contributed by atoms with Gasteiger partial charge in [0.15, 0.2) is 0 Å². The maximum atomic E-state index is 2.19. The van der Waals surface area contributed by atoms with Crippen molar-refractivity contribution in [2.45, 2.75) is 47.1 Å². The standard InChI is InChI=1S/C6H15N.C4H10/c1-6(2,3)7(4)5;1-4(2)3/h1-5H3;4H,1-3H3. The first-order valence-corrected chi connectivity index (χ1v) is 4.35. The predicted molar refractivity (Wildman–Crippen MR) is 54.0 cm³/mol. The van der Waals surface area contributed by atoms with Crippen molar-refractivity contribution in [1.29, 1.82) is 0 Å². The molecule has 0 N–H and O–H groups in total. The lowest BCUT2D eigenvalue weighted by Gasteiger charge is -2.27. The molecule has 0 aromatic rings. The van der Waals surface area contributed by atoms with Gasteiger partial charge >= 0.3 is 0 Å². The van der Waals surface area contributed by atoms with Crippen molar-refractivity contribution in [2.24, 2.45) is 5.92 Å². The molecule has 0 heterocycles. The molecule has 0 radical (unpaired) electrons. The van der Waals surface area contributed by atoms with Crippen molar-refractivity contribution in [3.05, 3.63) is 0 Å². The van der Waals surface area contributed by atoms with Gasteiger partial charge in [-0.1, -0.05) is 20.8 Å². The highest BCUT2D eigenvalue weighted by Crippen LogP contribution is 2.05. The van der Waals surface area contributed by atoms with E-state index in [1.807, 2.05) is 0 Å². The summed E-state index contributed by atoms with van der Waals surface area (Å²) in [6.45, 7) is 13.1. The van der Waals surface area contributed by atoms with Crippen LogP contribution >= 0.6 is 0 Å². The molecule has 0 aliphatic carbocycles. The minimum atomic E-state index is 0.333. The zero-order valence-electron chi connectivity index (χ0n) is 9.52. The summed E-state index contributed by atoms with van der Waals surface area (Å²) in [5.41, 5.74) is 0.333. The summed E-state index contributed by atoms with van der Waals surface area (Å²) >= 11 is 0. The van der Waals surface area contributed by atoms with E-state index < -0.39 is 0 Å². The highest BCUT2D eigenvalue weighted by Gasteiger charge is 2.10. The van der Waals surface area contributed by atoms with Gasteiger partial charge in [-0.25, -0.2) is 0 Å². The van der Waals surface area contributed by atoms with Gasteiger partial charge in [-0.15, -0.1) is 0 Å². The lowest BCUT2D eigenvalue weighted by molar-refractivity contribution is 0.219. The highest BCUT2D eigenvalue weighted by atomic mass is 15.1. The van der Waals surface area contributed by atoms with E-state index in [-0.39, 0.29) is 0 Å². The van der Waals surface area contributed by atoms with Crippen LogP contribution in [0.15, 0.2) is 0 Å². The van der Waals surface area contributed by atoms with Crippen LogP contribution in [-0.2, 0) is 0 Å². The summed E-state index contributed by atoms with van der Waals surface area (Å²) in [5.74, 6) is 0.833. The van der Waals surface area contributed by atoms with Crippen molar-refractivity contribution in [2.75, 3.05) is 14.1 Å². The monoisotopic (exact) mass is 159 g/mol. The molecule has 0 rings (SSSR count). The zero-order valence-corrected chi connectivity index (χ0v) is 9.52. The first kappa shape index (κ1) is 13.5. The quantitative estimate of drug-likeness (QED) is 0.525. The van der Waals surface area contributed by atoms with Gasteiger partial charge in [-0.3, -0.25) is 0 Å². The third kappa shape index (κ3) is 17.8. The smallest absolute Gasteiger partial charge is 0.0118 e. The summed E-state index contributed by atoms with van der Waals surface area (Å²) in [5, 5.41) is 0. The fourth-order valence-electron chi connectivity index (χ4n) is 0. The lowest BCUT2D eigenvalue weighted by atomic mass is 10.1. The normalized spacial score (nSPS) is 11.5. The van der Waals surface area contributed by atoms with Gasteiger partial charge in [-0.2, -0.15) is 0 Å². The molecule has 11 heavy (non-hydrogen) atoms. The van der Waals surface area contributed by atoms with Crippen LogP contribution in [0.5, 0.6) is 0 Å². The molecular formula is C10H25N. The molecule has 0 aromatic carbocycles. The van der Waals surface area contributed by atoms with Crippen molar-refractivity contribution in [3.8, 4) is 0 Å². The van der Waals surface area contributed by atoms with Crippen molar-refractivity contribution in [3.63, 3.8) is 0 Å². The molecule has 0 aromatic heterocycles. The number of nitrogens with zero attached hydrogens (tertiary/aromatic N) is 1. The summed E-state index contributed by atoms with van der Waals surface area (Å²) < 4.78 is 0. The second kappa shape index (κ2) is 5.59. The molecule has 0 bridgehead atoms. The molecular weight excluding hydrogens is 134 g/mol. The maximum Gasteiger partial charge on any atom is 0.0118 e. The Labute approximate surface area is 72.8 Å². The Morgan fingerprint density at radius 2 is 1.00 bits per heavy atom. The summed E-state index contributed by atoms with van der Waals surface area (Å²) in [6, 6.07) is 0. The molecule has 70 valence electrons. The van der Waals surface area contributed by atoms with E-state index in [9.17, 15) is 0 Å². The number of rotatable bonds is 0. The van der Waals surface area contributed by atoms with Gasteiger partial charge in [0.1, 0.15) is 0 Å². The van der Waals surface area contributed by atoms with E-state index in [1.165, 1.54) is 0 Å². The number of hydrogen-bond donors (Lipinski definition) is 0. The highest BCUT2D eigenvalue weighted by molar-refractivity contribution is 4.68. The van der Waals surface area contributed by atoms with Gasteiger partial charge < -0.3 is 4.90 Å². The molecule has 0 saturated carbocycles. The Morgan fingerprint density at radius 1 is 0.909 bits per heavy atom. The second-order valence-electron chi connectivity index (χ2n) is 4.80. The summed E-state index contributed by atoms with van der Waals surface area (Å²) in [4.78, 5) is 2.19. The molecule has 0 spiro atoms. The molecule has 0 amide bonds. The molecule has 0 fully saturated rings. The Bertz CT molecular complexity index is 74.6. The Hall–Kier alpha value is -0.0400. The van der Waals surface area contributed by atoms with Gasteiger partial charge in [0.05, 0.1) is 0 Å². The van der Waals surface area contributed by atoms with E-state index in [2.05, 4.69) is 60.5 Å². The van der Waals surface area contributed by atoms with Crippen molar-refractivity contribution in [1.82, 2.24) is 4.90 Å². The van der Waals surface area contributed by atoms with Crippen LogP contribution in [0.25, 0.3) is 0 Å². The second-order valence-corrected chi connectivity index (χ2v) is 4.80. The van der Waals surface area contributed by atoms with Gasteiger partial charge in [0.25, 0.3) is 0 Å². The fraction of sp³-hybridized carbons (Fsp3) is 1.00. The zero-order chi connectivity index (χ0) is 9.65. The molecule has 0 saturated heterocycles. The Balaban J connectivity index is 0. The summed E-state index contributed by atoms with van der Waals surface area (Å²) in [7, 11) is 4.17. The van der Waals surface area contributed by atoms with Crippen LogP contribution in [0.4, 0.5) is 0 Å². The first-order chi connectivity index (χ1) is 4.68. The van der Waals surface area contributed by atoms with Gasteiger partial charge in [-0.05, 0) is 40.8 Å². The van der Waals surface area contributed by atoms with Crippen molar-refractivity contribution >= 4 is 0 Å². The first-order valence-electron chi connectivity index (χ1n) is 4.35. The van der Waals surface area contributed by atoms with Crippen LogP contribution in [0.2, 0.25) is 0 Å². The maximum absolute atomic E-state index is 2.19. The fourth-order valence-corrected chi connectivity index (χ4v) is 0. The third-order valence-corrected chi connectivity index (χ3v) is 1.34. The lowest BCUT2D eigenvalue weighted by Crippen LogP contribution is -2.34. The minimum absolute atomic E-state index is 0.333. The summed E-state index contributed by atoms with van der Waals surface area (Å²) in [6.07, 6.45) is 0. The van der Waals surface area contributed by atoms with E-state index in [0.717, 1.165) is 5.92 Å².